The fraction of sp³-hybridized carbons (Fsp3) is 0.833. The van der Waals surface area contributed by atoms with Crippen molar-refractivity contribution in [3.63, 3.8) is 0 Å². The summed E-state index contributed by atoms with van der Waals surface area (Å²) in [5.41, 5.74) is 1.56. The third-order valence-electron chi connectivity index (χ3n) is 2.64. The van der Waals surface area contributed by atoms with Crippen LogP contribution in [0.15, 0.2) is 0 Å². The summed E-state index contributed by atoms with van der Waals surface area (Å²) >= 11 is 0. The SMILES string of the molecule is CC(C)(C)OC(=O)N1CCO[C@H](CCC(=O)NN)C1. The van der Waals surface area contributed by atoms with Crippen molar-refractivity contribution in [2.45, 2.75) is 45.3 Å². The van der Waals surface area contributed by atoms with E-state index in [1.54, 1.807) is 4.90 Å². The molecular weight excluding hydrogens is 250 g/mol. The van der Waals surface area contributed by atoms with E-state index in [0.29, 0.717) is 26.1 Å². The molecule has 110 valence electrons. The molecular formula is C12H23N3O4. The molecule has 0 saturated carbocycles. The second-order valence-corrected chi connectivity index (χ2v) is 5.53. The number of nitrogens with one attached hydrogen (secondary N) is 1. The average molecular weight is 273 g/mol. The van der Waals surface area contributed by atoms with Gasteiger partial charge in [-0.25, -0.2) is 10.6 Å². The van der Waals surface area contributed by atoms with Crippen LogP contribution in [-0.4, -0.2) is 48.3 Å². The Morgan fingerprint density at radius 1 is 1.47 bits per heavy atom. The summed E-state index contributed by atoms with van der Waals surface area (Å²) in [5, 5.41) is 0. The fourth-order valence-electron chi connectivity index (χ4n) is 1.75. The monoisotopic (exact) mass is 273 g/mol. The van der Waals surface area contributed by atoms with Crippen molar-refractivity contribution in [3.05, 3.63) is 0 Å². The van der Waals surface area contributed by atoms with E-state index in [2.05, 4.69) is 5.43 Å². The number of amides is 2. The Kier molecular flexibility index (Phi) is 5.56. The number of hydrogen-bond acceptors (Lipinski definition) is 5. The Morgan fingerprint density at radius 3 is 2.74 bits per heavy atom. The van der Waals surface area contributed by atoms with Crippen LogP contribution >= 0.6 is 0 Å². The Morgan fingerprint density at radius 2 is 2.16 bits per heavy atom. The first-order valence-corrected chi connectivity index (χ1v) is 6.41. The largest absolute Gasteiger partial charge is 0.444 e. The van der Waals surface area contributed by atoms with E-state index < -0.39 is 5.60 Å². The number of carbonyl (C=O) groups excluding carboxylic acids is 2. The molecule has 0 aromatic heterocycles. The molecule has 0 unspecified atom stereocenters. The summed E-state index contributed by atoms with van der Waals surface area (Å²) in [4.78, 5) is 24.6. The van der Waals surface area contributed by atoms with Crippen molar-refractivity contribution in [1.82, 2.24) is 10.3 Å². The van der Waals surface area contributed by atoms with Crippen LogP contribution in [0, 0.1) is 0 Å². The highest BCUT2D eigenvalue weighted by Gasteiger charge is 2.28. The van der Waals surface area contributed by atoms with Crippen LogP contribution in [0.3, 0.4) is 0 Å². The van der Waals surface area contributed by atoms with E-state index in [1.807, 2.05) is 20.8 Å². The topological polar surface area (TPSA) is 93.9 Å². The predicted octanol–water partition coefficient (Wildman–Crippen LogP) is 0.392. The van der Waals surface area contributed by atoms with E-state index in [-0.39, 0.29) is 24.5 Å². The molecule has 0 aliphatic carbocycles. The third kappa shape index (κ3) is 5.89. The second-order valence-electron chi connectivity index (χ2n) is 5.53. The van der Waals surface area contributed by atoms with E-state index in [0.717, 1.165) is 0 Å². The molecule has 0 bridgehead atoms. The highest BCUT2D eigenvalue weighted by atomic mass is 16.6. The molecule has 2 amide bonds. The van der Waals surface area contributed by atoms with Crippen molar-refractivity contribution in [2.24, 2.45) is 5.84 Å². The summed E-state index contributed by atoms with van der Waals surface area (Å²) < 4.78 is 10.8. The number of carbonyl (C=O) groups is 2. The number of nitrogens with two attached hydrogens (primary N) is 1. The number of rotatable bonds is 3. The molecule has 1 aliphatic rings. The van der Waals surface area contributed by atoms with E-state index in [9.17, 15) is 9.59 Å². The minimum atomic E-state index is -0.510. The maximum atomic E-state index is 11.9. The Hall–Kier alpha value is -1.34. The van der Waals surface area contributed by atoms with Gasteiger partial charge in [-0.3, -0.25) is 10.2 Å². The Labute approximate surface area is 113 Å². The number of hydrogen-bond donors (Lipinski definition) is 2. The van der Waals surface area contributed by atoms with Crippen LogP contribution in [0.1, 0.15) is 33.6 Å². The van der Waals surface area contributed by atoms with Crippen molar-refractivity contribution >= 4 is 12.0 Å². The van der Waals surface area contributed by atoms with Crippen LogP contribution < -0.4 is 11.3 Å². The third-order valence-corrected chi connectivity index (χ3v) is 2.64. The summed E-state index contributed by atoms with van der Waals surface area (Å²) in [7, 11) is 0. The van der Waals surface area contributed by atoms with Gasteiger partial charge in [0.05, 0.1) is 19.3 Å². The molecule has 0 spiro atoms. The van der Waals surface area contributed by atoms with E-state index in [1.165, 1.54) is 0 Å². The molecule has 1 rings (SSSR count). The molecule has 19 heavy (non-hydrogen) atoms. The summed E-state index contributed by atoms with van der Waals surface area (Å²) in [6, 6.07) is 0. The molecule has 0 radical (unpaired) electrons. The van der Waals surface area contributed by atoms with Gasteiger partial charge in [0.2, 0.25) is 5.91 Å². The first-order chi connectivity index (χ1) is 8.81. The number of nitrogens with zero attached hydrogens (tertiary/aromatic N) is 1. The number of hydrazine groups is 1. The number of morpholine rings is 1. The van der Waals surface area contributed by atoms with Crippen LogP contribution in [0.25, 0.3) is 0 Å². The van der Waals surface area contributed by atoms with Crippen LogP contribution in [-0.2, 0) is 14.3 Å². The van der Waals surface area contributed by atoms with Gasteiger partial charge in [0, 0.05) is 13.0 Å². The average Bonchev–Trinajstić information content (AvgIpc) is 2.34. The predicted molar refractivity (Wildman–Crippen MR) is 69.1 cm³/mol. The van der Waals surface area contributed by atoms with E-state index in [4.69, 9.17) is 15.3 Å². The molecule has 1 fully saturated rings. The molecule has 7 heteroatoms. The van der Waals surface area contributed by atoms with Crippen molar-refractivity contribution in [1.29, 1.82) is 0 Å². The molecule has 0 aromatic rings. The van der Waals surface area contributed by atoms with Crippen molar-refractivity contribution in [2.75, 3.05) is 19.7 Å². The van der Waals surface area contributed by atoms with Crippen LogP contribution in [0.5, 0.6) is 0 Å². The van der Waals surface area contributed by atoms with Gasteiger partial charge in [-0.1, -0.05) is 0 Å². The molecule has 1 heterocycles. The minimum Gasteiger partial charge on any atom is -0.444 e. The maximum Gasteiger partial charge on any atom is 0.410 e. The van der Waals surface area contributed by atoms with Crippen molar-refractivity contribution in [3.8, 4) is 0 Å². The zero-order valence-corrected chi connectivity index (χ0v) is 11.8. The Balaban J connectivity index is 2.41. The minimum absolute atomic E-state index is 0.154. The molecule has 1 atom stereocenters. The lowest BCUT2D eigenvalue weighted by Crippen LogP contribution is -2.47. The van der Waals surface area contributed by atoms with Gasteiger partial charge < -0.3 is 14.4 Å². The van der Waals surface area contributed by atoms with E-state index >= 15 is 0 Å². The first kappa shape index (κ1) is 15.7. The number of ether oxygens (including phenoxy) is 2. The lowest BCUT2D eigenvalue weighted by molar-refractivity contribution is -0.122. The van der Waals surface area contributed by atoms with Gasteiger partial charge in [-0.2, -0.15) is 0 Å². The van der Waals surface area contributed by atoms with Gasteiger partial charge in [-0.15, -0.1) is 0 Å². The summed E-state index contributed by atoms with van der Waals surface area (Å²) in [6.07, 6.45) is 0.314. The van der Waals surface area contributed by atoms with Gasteiger partial charge in [-0.05, 0) is 27.2 Å². The highest BCUT2D eigenvalue weighted by Crippen LogP contribution is 2.15. The van der Waals surface area contributed by atoms with Crippen LogP contribution in [0.2, 0.25) is 0 Å². The molecule has 7 nitrogen and oxygen atoms in total. The van der Waals surface area contributed by atoms with Gasteiger partial charge in [0.15, 0.2) is 0 Å². The van der Waals surface area contributed by atoms with Gasteiger partial charge in [0.1, 0.15) is 5.60 Å². The lowest BCUT2D eigenvalue weighted by atomic mass is 10.1. The van der Waals surface area contributed by atoms with Gasteiger partial charge in [0.25, 0.3) is 0 Å². The van der Waals surface area contributed by atoms with Gasteiger partial charge >= 0.3 is 6.09 Å². The first-order valence-electron chi connectivity index (χ1n) is 6.41. The zero-order chi connectivity index (χ0) is 14.5. The molecule has 1 aliphatic heterocycles. The quantitative estimate of drug-likeness (QED) is 0.441. The molecule has 1 saturated heterocycles. The van der Waals surface area contributed by atoms with Crippen LogP contribution in [0.4, 0.5) is 4.79 Å². The fourth-order valence-corrected chi connectivity index (χ4v) is 1.75. The Bertz CT molecular complexity index is 327. The highest BCUT2D eigenvalue weighted by molar-refractivity contribution is 5.75. The lowest BCUT2D eigenvalue weighted by Gasteiger charge is -2.34. The normalized spacial score (nSPS) is 20.0. The van der Waals surface area contributed by atoms with Crippen molar-refractivity contribution < 1.29 is 19.1 Å². The summed E-state index contributed by atoms with van der Waals surface area (Å²) in [5.74, 6) is 4.77. The smallest absolute Gasteiger partial charge is 0.410 e. The second kappa shape index (κ2) is 6.72. The molecule has 3 N–H and O–H groups in total. The zero-order valence-electron chi connectivity index (χ0n) is 11.8. The maximum absolute atomic E-state index is 11.9. The standard InChI is InChI=1S/C12H23N3O4/c1-12(2,3)19-11(17)15-6-7-18-9(8-15)4-5-10(16)14-13/h9H,4-8,13H2,1-3H3,(H,14,16)/t9-/m1/s1. The summed E-state index contributed by atoms with van der Waals surface area (Å²) in [6.45, 7) is 6.88. The molecule has 0 aromatic carbocycles.